The number of nitrogens with zero attached hydrogens (tertiary/aromatic N) is 1. The van der Waals surface area contributed by atoms with E-state index in [0.29, 0.717) is 28.8 Å². The highest BCUT2D eigenvalue weighted by atomic mass is 16.5. The standard InChI is InChI=1S/C42H42N2O5.C2H6/c1-47-42(46)39-14-8-9-15-40(39)43-41(45)28-31-16-20-35(21-17-31)48-37-24-26-38(27-25-37)49-36-22-18-34(19-23-36)44(29-32-10-4-2-5-11-32)30-33-12-6-3-7-13-33;1-2/h2-17,20-21,24-27,34,36H,18-19,22-23,28-30H2,1H3,(H,43,45);1-2H3. The lowest BCUT2D eigenvalue weighted by molar-refractivity contribution is -0.115. The van der Waals surface area contributed by atoms with Crippen molar-refractivity contribution in [2.45, 2.75) is 71.2 Å². The number of methoxy groups -OCH3 is 1. The number of hydrogen-bond acceptors (Lipinski definition) is 6. The van der Waals surface area contributed by atoms with Gasteiger partial charge in [-0.15, -0.1) is 0 Å². The van der Waals surface area contributed by atoms with Gasteiger partial charge in [0.25, 0.3) is 0 Å². The zero-order valence-electron chi connectivity index (χ0n) is 29.8. The zero-order valence-corrected chi connectivity index (χ0v) is 29.8. The molecule has 0 radical (unpaired) electrons. The second kappa shape index (κ2) is 19.1. The molecule has 7 heteroatoms. The molecule has 1 aliphatic rings. The van der Waals surface area contributed by atoms with Crippen molar-refractivity contribution in [1.29, 1.82) is 0 Å². The molecule has 6 rings (SSSR count). The first-order chi connectivity index (χ1) is 25.0. The van der Waals surface area contributed by atoms with Crippen LogP contribution in [0.4, 0.5) is 5.69 Å². The second-order valence-corrected chi connectivity index (χ2v) is 12.4. The number of nitrogens with one attached hydrogen (secondary N) is 1. The van der Waals surface area contributed by atoms with Crippen LogP contribution in [0.25, 0.3) is 0 Å². The summed E-state index contributed by atoms with van der Waals surface area (Å²) < 4.78 is 17.3. The molecule has 0 heterocycles. The molecular formula is C44H48N2O5. The number of amides is 1. The number of para-hydroxylation sites is 1. The minimum absolute atomic E-state index is 0.155. The van der Waals surface area contributed by atoms with Crippen LogP contribution >= 0.6 is 0 Å². The molecule has 1 saturated carbocycles. The minimum Gasteiger partial charge on any atom is -0.490 e. The average Bonchev–Trinajstić information content (AvgIpc) is 3.18. The summed E-state index contributed by atoms with van der Waals surface area (Å²) in [6.07, 6.45) is 4.59. The van der Waals surface area contributed by atoms with Gasteiger partial charge in [-0.1, -0.05) is 98.8 Å². The van der Waals surface area contributed by atoms with E-state index in [2.05, 4.69) is 70.9 Å². The maximum absolute atomic E-state index is 12.7. The number of rotatable bonds is 13. The molecule has 1 N–H and O–H groups in total. The topological polar surface area (TPSA) is 77.1 Å². The van der Waals surface area contributed by atoms with E-state index in [9.17, 15) is 9.59 Å². The molecule has 0 atom stereocenters. The summed E-state index contributed by atoms with van der Waals surface area (Å²) in [6.45, 7) is 5.89. The van der Waals surface area contributed by atoms with Gasteiger partial charge in [-0.3, -0.25) is 9.69 Å². The average molecular weight is 685 g/mol. The Balaban J connectivity index is 0.00000248. The Morgan fingerprint density at radius 3 is 1.71 bits per heavy atom. The minimum atomic E-state index is -0.500. The number of hydrogen-bond donors (Lipinski definition) is 1. The van der Waals surface area contributed by atoms with Crippen molar-refractivity contribution >= 4 is 17.6 Å². The molecule has 7 nitrogen and oxygen atoms in total. The van der Waals surface area contributed by atoms with Crippen LogP contribution in [-0.4, -0.2) is 36.0 Å². The Kier molecular flexibility index (Phi) is 13.8. The van der Waals surface area contributed by atoms with Gasteiger partial charge in [-0.05, 0) is 90.9 Å². The Morgan fingerprint density at radius 1 is 0.627 bits per heavy atom. The van der Waals surface area contributed by atoms with Gasteiger partial charge in [0.05, 0.1) is 30.9 Å². The molecule has 0 saturated heterocycles. The first kappa shape index (κ1) is 36.9. The molecule has 1 aliphatic carbocycles. The van der Waals surface area contributed by atoms with Crippen molar-refractivity contribution in [2.75, 3.05) is 12.4 Å². The Bertz CT molecular complexity index is 1740. The fourth-order valence-electron chi connectivity index (χ4n) is 6.33. The van der Waals surface area contributed by atoms with E-state index in [1.807, 2.05) is 62.4 Å². The third kappa shape index (κ3) is 11.0. The highest BCUT2D eigenvalue weighted by molar-refractivity contribution is 6.01. The Morgan fingerprint density at radius 2 is 1.14 bits per heavy atom. The predicted molar refractivity (Wildman–Crippen MR) is 203 cm³/mol. The highest BCUT2D eigenvalue weighted by Crippen LogP contribution is 2.30. The Hall–Kier alpha value is -5.40. The zero-order chi connectivity index (χ0) is 35.8. The summed E-state index contributed by atoms with van der Waals surface area (Å²) in [5.74, 6) is 1.49. The number of ether oxygens (including phenoxy) is 3. The van der Waals surface area contributed by atoms with Gasteiger partial charge in [0.1, 0.15) is 17.2 Å². The van der Waals surface area contributed by atoms with Gasteiger partial charge in [0, 0.05) is 19.1 Å². The fourth-order valence-corrected chi connectivity index (χ4v) is 6.33. The number of esters is 1. The van der Waals surface area contributed by atoms with E-state index >= 15 is 0 Å². The van der Waals surface area contributed by atoms with Crippen molar-refractivity contribution in [1.82, 2.24) is 4.90 Å². The SMILES string of the molecule is CC.COC(=O)c1ccccc1NC(=O)Cc1ccc(Oc2ccc(OC3CCC(N(Cc4ccccc4)Cc4ccccc4)CC3)cc2)cc1. The van der Waals surface area contributed by atoms with Crippen LogP contribution in [0.1, 0.15) is 66.6 Å². The van der Waals surface area contributed by atoms with Crippen LogP contribution in [0.2, 0.25) is 0 Å². The van der Waals surface area contributed by atoms with Crippen molar-refractivity contribution in [2.24, 2.45) is 0 Å². The quantitative estimate of drug-likeness (QED) is 0.125. The van der Waals surface area contributed by atoms with E-state index in [1.54, 1.807) is 24.3 Å². The van der Waals surface area contributed by atoms with Crippen molar-refractivity contribution in [3.8, 4) is 17.2 Å². The van der Waals surface area contributed by atoms with Crippen molar-refractivity contribution in [3.63, 3.8) is 0 Å². The Labute approximate surface area is 302 Å². The van der Waals surface area contributed by atoms with E-state index in [4.69, 9.17) is 14.2 Å². The molecule has 264 valence electrons. The van der Waals surface area contributed by atoms with Gasteiger partial charge in [0.15, 0.2) is 0 Å². The van der Waals surface area contributed by atoms with Crippen LogP contribution in [0.15, 0.2) is 133 Å². The first-order valence-corrected chi connectivity index (χ1v) is 17.8. The van der Waals surface area contributed by atoms with Crippen LogP contribution in [0, 0.1) is 0 Å². The lowest BCUT2D eigenvalue weighted by atomic mass is 9.91. The first-order valence-electron chi connectivity index (χ1n) is 17.8. The van der Waals surface area contributed by atoms with E-state index in [1.165, 1.54) is 18.2 Å². The third-order valence-corrected chi connectivity index (χ3v) is 8.87. The number of carbonyl (C=O) groups excluding carboxylic acids is 2. The number of benzene rings is 5. The summed E-state index contributed by atoms with van der Waals surface area (Å²) in [4.78, 5) is 27.3. The summed E-state index contributed by atoms with van der Waals surface area (Å²) in [7, 11) is 1.31. The molecule has 1 amide bonds. The molecule has 51 heavy (non-hydrogen) atoms. The van der Waals surface area contributed by atoms with Crippen LogP contribution in [-0.2, 0) is 29.0 Å². The molecule has 5 aromatic rings. The normalized spacial score (nSPS) is 15.2. The summed E-state index contributed by atoms with van der Waals surface area (Å²) in [5.41, 5.74) is 4.24. The van der Waals surface area contributed by atoms with Gasteiger partial charge >= 0.3 is 5.97 Å². The molecule has 0 bridgehead atoms. The number of anilines is 1. The van der Waals surface area contributed by atoms with Gasteiger partial charge in [-0.25, -0.2) is 4.79 Å². The molecule has 1 fully saturated rings. The largest absolute Gasteiger partial charge is 0.490 e. The molecule has 0 spiro atoms. The summed E-state index contributed by atoms with van der Waals surface area (Å²) >= 11 is 0. The second-order valence-electron chi connectivity index (χ2n) is 12.4. The van der Waals surface area contributed by atoms with Crippen LogP contribution in [0.3, 0.4) is 0 Å². The van der Waals surface area contributed by atoms with Crippen molar-refractivity contribution < 1.29 is 23.8 Å². The van der Waals surface area contributed by atoms with Crippen LogP contribution < -0.4 is 14.8 Å². The van der Waals surface area contributed by atoms with Gasteiger partial charge in [0.2, 0.25) is 5.91 Å². The van der Waals surface area contributed by atoms with Crippen molar-refractivity contribution in [3.05, 3.63) is 156 Å². The maximum atomic E-state index is 12.7. The molecule has 5 aromatic carbocycles. The van der Waals surface area contributed by atoms with Gasteiger partial charge < -0.3 is 19.5 Å². The molecule has 0 aromatic heterocycles. The van der Waals surface area contributed by atoms with Crippen LogP contribution in [0.5, 0.6) is 17.2 Å². The maximum Gasteiger partial charge on any atom is 0.339 e. The van der Waals surface area contributed by atoms with E-state index in [0.717, 1.165) is 50.1 Å². The summed E-state index contributed by atoms with van der Waals surface area (Å²) in [6, 6.07) is 43.9. The van der Waals surface area contributed by atoms with E-state index in [-0.39, 0.29) is 18.4 Å². The monoisotopic (exact) mass is 684 g/mol. The number of carbonyl (C=O) groups is 2. The summed E-state index contributed by atoms with van der Waals surface area (Å²) in [5, 5.41) is 2.80. The van der Waals surface area contributed by atoms with E-state index < -0.39 is 5.97 Å². The molecule has 0 aliphatic heterocycles. The predicted octanol–water partition coefficient (Wildman–Crippen LogP) is 9.87. The smallest absolute Gasteiger partial charge is 0.339 e. The highest BCUT2D eigenvalue weighted by Gasteiger charge is 2.27. The lowest BCUT2D eigenvalue weighted by Gasteiger charge is -2.37. The molecular weight excluding hydrogens is 636 g/mol. The third-order valence-electron chi connectivity index (χ3n) is 8.87. The van der Waals surface area contributed by atoms with Gasteiger partial charge in [-0.2, -0.15) is 0 Å². The lowest BCUT2D eigenvalue weighted by Crippen LogP contribution is -2.39. The fraction of sp³-hybridized carbons (Fsp3) is 0.273. The molecule has 0 unspecified atom stereocenters.